The fourth-order valence-electron chi connectivity index (χ4n) is 1.70. The molecule has 2 rings (SSSR count). The monoisotopic (exact) mass is 290 g/mol. The third kappa shape index (κ3) is 3.12. The van der Waals surface area contributed by atoms with E-state index >= 15 is 0 Å². The molecule has 7 heteroatoms. The molecule has 0 unspecified atom stereocenters. The first kappa shape index (κ1) is 14.0. The molecule has 0 aliphatic heterocycles. The molecule has 1 aromatic heterocycles. The molecule has 20 heavy (non-hydrogen) atoms. The zero-order chi connectivity index (χ0) is 14.5. The number of benzene rings is 1. The zero-order valence-electron chi connectivity index (χ0n) is 10.2. The van der Waals surface area contributed by atoms with Gasteiger partial charge in [0, 0.05) is 29.1 Å². The summed E-state index contributed by atoms with van der Waals surface area (Å²) < 4.78 is 0. The van der Waals surface area contributed by atoms with E-state index in [1.165, 1.54) is 23.9 Å². The van der Waals surface area contributed by atoms with Crippen LogP contribution in [0.1, 0.15) is 15.9 Å². The lowest BCUT2D eigenvalue weighted by molar-refractivity contribution is -0.385. The fraction of sp³-hybridized carbons (Fsp3) is 0.0769. The minimum Gasteiger partial charge on any atom is -0.477 e. The van der Waals surface area contributed by atoms with E-state index in [0.717, 1.165) is 4.90 Å². The first-order valence-electron chi connectivity index (χ1n) is 5.62. The summed E-state index contributed by atoms with van der Waals surface area (Å²) in [5, 5.41) is 20.0. The van der Waals surface area contributed by atoms with Gasteiger partial charge >= 0.3 is 5.97 Å². The van der Waals surface area contributed by atoms with Crippen LogP contribution in [0.25, 0.3) is 0 Å². The van der Waals surface area contributed by atoms with Crippen molar-refractivity contribution in [3.63, 3.8) is 0 Å². The Labute approximate surface area is 118 Å². The van der Waals surface area contributed by atoms with Crippen LogP contribution in [0, 0.1) is 10.1 Å². The number of aromatic carboxylic acids is 1. The van der Waals surface area contributed by atoms with Gasteiger partial charge in [0.2, 0.25) is 0 Å². The van der Waals surface area contributed by atoms with Gasteiger partial charge in [0.25, 0.3) is 5.69 Å². The van der Waals surface area contributed by atoms with E-state index in [4.69, 9.17) is 5.11 Å². The number of rotatable bonds is 5. The number of aromatic nitrogens is 1. The Hall–Kier alpha value is -2.41. The second kappa shape index (κ2) is 6.16. The van der Waals surface area contributed by atoms with Crippen LogP contribution in [0.3, 0.4) is 0 Å². The molecule has 0 aliphatic carbocycles. The summed E-state index contributed by atoms with van der Waals surface area (Å²) in [7, 11) is 0. The van der Waals surface area contributed by atoms with Gasteiger partial charge in [-0.1, -0.05) is 12.1 Å². The van der Waals surface area contributed by atoms with Gasteiger partial charge in [0.15, 0.2) is 0 Å². The number of nitro groups is 1. The third-order valence-electron chi connectivity index (χ3n) is 2.58. The number of carbonyl (C=O) groups is 1. The highest BCUT2D eigenvalue weighted by Crippen LogP contribution is 2.28. The van der Waals surface area contributed by atoms with Crippen molar-refractivity contribution in [1.29, 1.82) is 0 Å². The minimum absolute atomic E-state index is 0.251. The number of nitro benzene ring substituents is 1. The van der Waals surface area contributed by atoms with Gasteiger partial charge in [-0.15, -0.1) is 11.8 Å². The van der Waals surface area contributed by atoms with Crippen LogP contribution in [0.15, 0.2) is 47.6 Å². The molecule has 0 amide bonds. The Balaban J connectivity index is 2.30. The molecular weight excluding hydrogens is 280 g/mol. The highest BCUT2D eigenvalue weighted by molar-refractivity contribution is 7.98. The topological polar surface area (TPSA) is 93.3 Å². The highest BCUT2D eigenvalue weighted by atomic mass is 32.2. The van der Waals surface area contributed by atoms with E-state index in [1.54, 1.807) is 30.6 Å². The van der Waals surface area contributed by atoms with Crippen molar-refractivity contribution < 1.29 is 14.8 Å². The summed E-state index contributed by atoms with van der Waals surface area (Å²) in [6.07, 6.45) is 3.27. The molecule has 0 fully saturated rings. The average Bonchev–Trinajstić information content (AvgIpc) is 2.45. The number of pyridine rings is 1. The Morgan fingerprint density at radius 1 is 1.30 bits per heavy atom. The highest BCUT2D eigenvalue weighted by Gasteiger charge is 2.23. The van der Waals surface area contributed by atoms with Crippen molar-refractivity contribution in [2.75, 3.05) is 0 Å². The van der Waals surface area contributed by atoms with E-state index in [9.17, 15) is 14.9 Å². The second-order valence-corrected chi connectivity index (χ2v) is 4.89. The van der Waals surface area contributed by atoms with Crippen molar-refractivity contribution in [3.05, 3.63) is 64.0 Å². The predicted molar refractivity (Wildman–Crippen MR) is 73.9 cm³/mol. The molecule has 0 saturated carbocycles. The van der Waals surface area contributed by atoms with Gasteiger partial charge in [-0.3, -0.25) is 15.1 Å². The van der Waals surface area contributed by atoms with Crippen LogP contribution in [0.2, 0.25) is 0 Å². The lowest BCUT2D eigenvalue weighted by atomic mass is 10.1. The Bertz CT molecular complexity index is 646. The smallest absolute Gasteiger partial charge is 0.343 e. The molecule has 0 aliphatic rings. The first-order chi connectivity index (χ1) is 9.59. The average molecular weight is 290 g/mol. The van der Waals surface area contributed by atoms with Crippen molar-refractivity contribution in [1.82, 2.24) is 4.98 Å². The number of nitrogens with zero attached hydrogens (tertiary/aromatic N) is 2. The summed E-state index contributed by atoms with van der Waals surface area (Å²) in [5.41, 5.74) is -0.210. The largest absolute Gasteiger partial charge is 0.477 e. The number of hydrogen-bond acceptors (Lipinski definition) is 5. The van der Waals surface area contributed by atoms with Crippen molar-refractivity contribution in [2.45, 2.75) is 10.6 Å². The fourth-order valence-corrected chi connectivity index (χ4v) is 2.58. The molecule has 0 spiro atoms. The van der Waals surface area contributed by atoms with Crippen LogP contribution in [0.4, 0.5) is 5.69 Å². The van der Waals surface area contributed by atoms with E-state index in [2.05, 4.69) is 4.98 Å². The van der Waals surface area contributed by atoms with E-state index in [1.807, 2.05) is 0 Å². The molecule has 102 valence electrons. The molecule has 6 nitrogen and oxygen atoms in total. The van der Waals surface area contributed by atoms with E-state index in [0.29, 0.717) is 11.3 Å². The molecule has 1 N–H and O–H groups in total. The number of carboxylic acids is 1. The third-order valence-corrected chi connectivity index (χ3v) is 3.64. The van der Waals surface area contributed by atoms with Gasteiger partial charge < -0.3 is 5.11 Å². The second-order valence-electron chi connectivity index (χ2n) is 3.85. The summed E-state index contributed by atoms with van der Waals surface area (Å²) in [6, 6.07) is 7.87. The van der Waals surface area contributed by atoms with Crippen molar-refractivity contribution >= 4 is 23.4 Å². The van der Waals surface area contributed by atoms with Gasteiger partial charge in [-0.25, -0.2) is 4.79 Å². The van der Waals surface area contributed by atoms with Crippen molar-refractivity contribution in [2.24, 2.45) is 0 Å². The van der Waals surface area contributed by atoms with Gasteiger partial charge in [0.05, 0.1) is 4.92 Å². The maximum atomic E-state index is 11.2. The molecule has 1 aromatic carbocycles. The summed E-state index contributed by atoms with van der Waals surface area (Å²) in [5.74, 6) is -0.949. The molecule has 0 saturated heterocycles. The summed E-state index contributed by atoms with van der Waals surface area (Å²) >= 11 is 1.40. The standard InChI is InChI=1S/C13H10N2O4S/c16-13(17)12-9(2-1-3-11(12)15(18)19)8-20-10-4-6-14-7-5-10/h1-7H,8H2,(H,16,17). The summed E-state index contributed by atoms with van der Waals surface area (Å²) in [4.78, 5) is 26.2. The van der Waals surface area contributed by atoms with Crippen molar-refractivity contribution in [3.8, 4) is 0 Å². The molecule has 0 atom stereocenters. The molecule has 2 aromatic rings. The number of hydrogen-bond donors (Lipinski definition) is 1. The maximum Gasteiger partial charge on any atom is 0.343 e. The first-order valence-corrected chi connectivity index (χ1v) is 6.60. The molecule has 0 radical (unpaired) electrons. The predicted octanol–water partition coefficient (Wildman–Crippen LogP) is 2.98. The van der Waals surface area contributed by atoms with E-state index in [-0.39, 0.29) is 11.3 Å². The number of thioether (sulfide) groups is 1. The Morgan fingerprint density at radius 2 is 2.00 bits per heavy atom. The molecule has 0 bridgehead atoms. The van der Waals surface area contributed by atoms with Crippen LogP contribution in [-0.2, 0) is 5.75 Å². The van der Waals surface area contributed by atoms with Crippen LogP contribution >= 0.6 is 11.8 Å². The van der Waals surface area contributed by atoms with Crippen LogP contribution in [0.5, 0.6) is 0 Å². The van der Waals surface area contributed by atoms with Crippen LogP contribution < -0.4 is 0 Å². The van der Waals surface area contributed by atoms with E-state index < -0.39 is 10.9 Å². The Morgan fingerprint density at radius 3 is 2.60 bits per heavy atom. The van der Waals surface area contributed by atoms with Crippen LogP contribution in [-0.4, -0.2) is 21.0 Å². The SMILES string of the molecule is O=C(O)c1c(CSc2ccncc2)cccc1[N+](=O)[O-]. The quantitative estimate of drug-likeness (QED) is 0.517. The van der Waals surface area contributed by atoms with Gasteiger partial charge in [-0.05, 0) is 17.7 Å². The van der Waals surface area contributed by atoms with Gasteiger partial charge in [0.1, 0.15) is 5.56 Å². The lowest BCUT2D eigenvalue weighted by Gasteiger charge is -2.06. The van der Waals surface area contributed by atoms with Gasteiger partial charge in [-0.2, -0.15) is 0 Å². The molecular formula is C13H10N2O4S. The Kier molecular flexibility index (Phi) is 4.31. The maximum absolute atomic E-state index is 11.2. The lowest BCUT2D eigenvalue weighted by Crippen LogP contribution is -2.06. The zero-order valence-corrected chi connectivity index (χ0v) is 11.0. The normalized spacial score (nSPS) is 10.2. The molecule has 1 heterocycles. The summed E-state index contributed by atoms with van der Waals surface area (Å²) in [6.45, 7) is 0. The number of carboxylic acid groups (broad SMARTS) is 1. The minimum atomic E-state index is -1.29.